The highest BCUT2D eigenvalue weighted by Gasteiger charge is 2.38. The summed E-state index contributed by atoms with van der Waals surface area (Å²) in [6.07, 6.45) is 0.00535. The van der Waals surface area contributed by atoms with Crippen LogP contribution in [0.1, 0.15) is 37.2 Å². The van der Waals surface area contributed by atoms with Gasteiger partial charge in [0.25, 0.3) is 0 Å². The van der Waals surface area contributed by atoms with E-state index < -0.39 is 0 Å². The van der Waals surface area contributed by atoms with Gasteiger partial charge in [0.15, 0.2) is 0 Å². The van der Waals surface area contributed by atoms with Gasteiger partial charge in [-0.15, -0.1) is 0 Å². The van der Waals surface area contributed by atoms with Crippen molar-refractivity contribution in [1.29, 1.82) is 0 Å². The lowest BCUT2D eigenvalue weighted by molar-refractivity contribution is 0.0119. The fraction of sp³-hybridized carbons (Fsp3) is 0.333. The summed E-state index contributed by atoms with van der Waals surface area (Å²) < 4.78 is 7.26. The van der Waals surface area contributed by atoms with Gasteiger partial charge in [0.2, 0.25) is 0 Å². The Labute approximate surface area is 134 Å². The molecule has 2 atom stereocenters. The van der Waals surface area contributed by atoms with Crippen LogP contribution >= 0.6 is 15.9 Å². The Kier molecular flexibility index (Phi) is 4.43. The molecule has 3 rings (SSSR count). The van der Waals surface area contributed by atoms with Crippen LogP contribution in [-0.4, -0.2) is 17.5 Å². The van der Waals surface area contributed by atoms with E-state index in [2.05, 4.69) is 83.2 Å². The molecule has 21 heavy (non-hydrogen) atoms. The number of nitrogens with zero attached hydrogens (tertiary/aromatic N) is 1. The van der Waals surface area contributed by atoms with Gasteiger partial charge in [-0.05, 0) is 25.5 Å². The molecule has 2 aromatic carbocycles. The van der Waals surface area contributed by atoms with Crippen LogP contribution < -0.4 is 0 Å². The van der Waals surface area contributed by atoms with E-state index in [-0.39, 0.29) is 6.23 Å². The summed E-state index contributed by atoms with van der Waals surface area (Å²) in [4.78, 5) is 2.45. The number of benzene rings is 2. The highest BCUT2D eigenvalue weighted by Crippen LogP contribution is 2.42. The van der Waals surface area contributed by atoms with Crippen LogP contribution in [0.5, 0.6) is 0 Å². The normalized spacial score (nSPS) is 22.9. The molecule has 0 amide bonds. The van der Waals surface area contributed by atoms with Crippen molar-refractivity contribution in [2.75, 3.05) is 6.61 Å². The zero-order valence-corrected chi connectivity index (χ0v) is 14.0. The first kappa shape index (κ1) is 14.8. The smallest absolute Gasteiger partial charge is 0.138 e. The number of halogens is 1. The molecule has 2 aromatic rings. The molecule has 0 saturated carbocycles. The monoisotopic (exact) mass is 345 g/mol. The number of rotatable bonds is 3. The van der Waals surface area contributed by atoms with Crippen LogP contribution in [0.3, 0.4) is 0 Å². The average molecular weight is 346 g/mol. The second-order valence-corrected chi connectivity index (χ2v) is 6.53. The molecule has 0 radical (unpaired) electrons. The maximum absolute atomic E-state index is 6.16. The molecule has 1 heterocycles. The molecule has 0 unspecified atom stereocenters. The van der Waals surface area contributed by atoms with Gasteiger partial charge < -0.3 is 4.74 Å². The van der Waals surface area contributed by atoms with Crippen molar-refractivity contribution in [3.8, 4) is 0 Å². The second kappa shape index (κ2) is 6.30. The van der Waals surface area contributed by atoms with E-state index in [1.807, 2.05) is 6.07 Å². The Morgan fingerprint density at radius 1 is 1.05 bits per heavy atom. The lowest BCUT2D eigenvalue weighted by atomic mass is 10.0. The van der Waals surface area contributed by atoms with Crippen molar-refractivity contribution in [3.63, 3.8) is 0 Å². The summed E-state index contributed by atoms with van der Waals surface area (Å²) in [5.41, 5.74) is 2.52. The minimum absolute atomic E-state index is 0.00535. The maximum atomic E-state index is 6.16. The van der Waals surface area contributed by atoms with E-state index >= 15 is 0 Å². The molecule has 3 heteroatoms. The molecular weight excluding hydrogens is 326 g/mol. The standard InChI is InChI=1S/C18H20BrNO/c1-13(2)20-17(14-8-4-3-5-9-14)12-21-18(20)15-10-6-7-11-16(15)19/h3-11,13,17-18H,12H2,1-2H3/t17-,18+/m0/s1. The predicted molar refractivity (Wildman–Crippen MR) is 89.0 cm³/mol. The van der Waals surface area contributed by atoms with E-state index in [9.17, 15) is 0 Å². The summed E-state index contributed by atoms with van der Waals surface area (Å²) in [7, 11) is 0. The van der Waals surface area contributed by atoms with Crippen molar-refractivity contribution in [1.82, 2.24) is 4.90 Å². The first-order valence-corrected chi connectivity index (χ1v) is 8.16. The van der Waals surface area contributed by atoms with E-state index in [4.69, 9.17) is 4.74 Å². The molecule has 0 aliphatic carbocycles. The lowest BCUT2D eigenvalue weighted by Crippen LogP contribution is -2.33. The maximum Gasteiger partial charge on any atom is 0.138 e. The van der Waals surface area contributed by atoms with Crippen LogP contribution in [-0.2, 0) is 4.74 Å². The van der Waals surface area contributed by atoms with Crippen molar-refractivity contribution in [2.45, 2.75) is 32.2 Å². The molecular formula is C18H20BrNO. The van der Waals surface area contributed by atoms with Crippen molar-refractivity contribution < 1.29 is 4.74 Å². The van der Waals surface area contributed by atoms with Crippen LogP contribution in [0.2, 0.25) is 0 Å². The highest BCUT2D eigenvalue weighted by molar-refractivity contribution is 9.10. The fourth-order valence-electron chi connectivity index (χ4n) is 3.02. The van der Waals surface area contributed by atoms with Gasteiger partial charge in [-0.25, -0.2) is 0 Å². The van der Waals surface area contributed by atoms with Gasteiger partial charge in [-0.1, -0.05) is 64.5 Å². The zero-order valence-electron chi connectivity index (χ0n) is 12.4. The molecule has 0 bridgehead atoms. The first-order valence-electron chi connectivity index (χ1n) is 7.37. The molecule has 1 aliphatic rings. The molecule has 0 spiro atoms. The molecule has 2 nitrogen and oxygen atoms in total. The van der Waals surface area contributed by atoms with Crippen molar-refractivity contribution >= 4 is 15.9 Å². The molecule has 1 saturated heterocycles. The largest absolute Gasteiger partial charge is 0.357 e. The van der Waals surface area contributed by atoms with Gasteiger partial charge in [-0.2, -0.15) is 0 Å². The Morgan fingerprint density at radius 2 is 1.71 bits per heavy atom. The quantitative estimate of drug-likeness (QED) is 0.781. The fourth-order valence-corrected chi connectivity index (χ4v) is 3.50. The van der Waals surface area contributed by atoms with E-state index in [0.717, 1.165) is 11.1 Å². The molecule has 110 valence electrons. The second-order valence-electron chi connectivity index (χ2n) is 5.67. The number of hydrogen-bond acceptors (Lipinski definition) is 2. The molecule has 1 aliphatic heterocycles. The van der Waals surface area contributed by atoms with Gasteiger partial charge in [0.05, 0.1) is 12.6 Å². The van der Waals surface area contributed by atoms with Gasteiger partial charge in [0, 0.05) is 16.1 Å². The summed E-state index contributed by atoms with van der Waals surface area (Å²) in [5, 5.41) is 0. The minimum Gasteiger partial charge on any atom is -0.357 e. The predicted octanol–water partition coefficient (Wildman–Crippen LogP) is 4.93. The van der Waals surface area contributed by atoms with Crippen LogP contribution in [0.25, 0.3) is 0 Å². The van der Waals surface area contributed by atoms with Crippen LogP contribution in [0.4, 0.5) is 0 Å². The number of hydrogen-bond donors (Lipinski definition) is 0. The average Bonchev–Trinajstić information content (AvgIpc) is 2.93. The summed E-state index contributed by atoms with van der Waals surface area (Å²) in [5.74, 6) is 0. The van der Waals surface area contributed by atoms with Gasteiger partial charge in [-0.3, -0.25) is 4.90 Å². The zero-order chi connectivity index (χ0) is 14.8. The molecule has 0 N–H and O–H groups in total. The summed E-state index contributed by atoms with van der Waals surface area (Å²) in [6, 6.07) is 19.7. The van der Waals surface area contributed by atoms with E-state index in [1.165, 1.54) is 11.1 Å². The van der Waals surface area contributed by atoms with Crippen LogP contribution in [0, 0.1) is 0 Å². The lowest BCUT2D eigenvalue weighted by Gasteiger charge is -2.32. The highest BCUT2D eigenvalue weighted by atomic mass is 79.9. The van der Waals surface area contributed by atoms with Gasteiger partial charge in [0.1, 0.15) is 6.23 Å². The van der Waals surface area contributed by atoms with E-state index in [0.29, 0.717) is 12.1 Å². The molecule has 0 aromatic heterocycles. The third-order valence-corrected chi connectivity index (χ3v) is 4.72. The van der Waals surface area contributed by atoms with Gasteiger partial charge >= 0.3 is 0 Å². The van der Waals surface area contributed by atoms with Crippen molar-refractivity contribution in [2.24, 2.45) is 0 Å². The third kappa shape index (κ3) is 2.91. The Morgan fingerprint density at radius 3 is 2.38 bits per heavy atom. The summed E-state index contributed by atoms with van der Waals surface area (Å²) >= 11 is 3.65. The minimum atomic E-state index is 0.00535. The van der Waals surface area contributed by atoms with Crippen LogP contribution in [0.15, 0.2) is 59.1 Å². The van der Waals surface area contributed by atoms with E-state index in [1.54, 1.807) is 0 Å². The Hall–Kier alpha value is -1.16. The third-order valence-electron chi connectivity index (χ3n) is 3.99. The summed E-state index contributed by atoms with van der Waals surface area (Å²) in [6.45, 7) is 5.19. The topological polar surface area (TPSA) is 12.5 Å². The Bertz CT molecular complexity index is 599. The van der Waals surface area contributed by atoms with Crippen molar-refractivity contribution in [3.05, 3.63) is 70.2 Å². The molecule has 1 fully saturated rings. The SMILES string of the molecule is CC(C)N1[C@@H](c2ccccc2Br)OC[C@H]1c1ccccc1. The number of ether oxygens (including phenoxy) is 1. The first-order chi connectivity index (χ1) is 10.2. The Balaban J connectivity index is 1.95.